The summed E-state index contributed by atoms with van der Waals surface area (Å²) in [7, 11) is -3.54. The highest BCUT2D eigenvalue weighted by Gasteiger charge is 2.26. The van der Waals surface area contributed by atoms with Gasteiger partial charge in [-0.2, -0.15) is 4.31 Å². The van der Waals surface area contributed by atoms with Crippen LogP contribution in [0.4, 0.5) is 5.13 Å². The third kappa shape index (κ3) is 4.91. The second-order valence-electron chi connectivity index (χ2n) is 6.34. The number of sulfonamides is 1. The van der Waals surface area contributed by atoms with Gasteiger partial charge in [0.05, 0.1) is 11.3 Å². The number of carboxylic acid groups (broad SMARTS) is 1. The van der Waals surface area contributed by atoms with Crippen molar-refractivity contribution in [3.8, 4) is 0 Å². The third-order valence-electron chi connectivity index (χ3n) is 4.31. The van der Waals surface area contributed by atoms with Gasteiger partial charge < -0.3 is 5.11 Å². The first kappa shape index (κ1) is 20.4. The Morgan fingerprint density at radius 1 is 1.11 bits per heavy atom. The summed E-state index contributed by atoms with van der Waals surface area (Å²) in [6, 6.07) is 5.77. The summed E-state index contributed by atoms with van der Waals surface area (Å²) in [5.74, 6) is -1.37. The van der Waals surface area contributed by atoms with Gasteiger partial charge >= 0.3 is 5.97 Å². The van der Waals surface area contributed by atoms with Crippen molar-refractivity contribution >= 4 is 38.4 Å². The van der Waals surface area contributed by atoms with Gasteiger partial charge in [0, 0.05) is 25.1 Å². The van der Waals surface area contributed by atoms with E-state index in [1.807, 2.05) is 0 Å². The standard InChI is InChI=1S/C17H20N4O5S2/c22-15(23)9-8-14-19-20-17(27-14)18-16(24)12-4-6-13(7-5-12)28(25,26)21-10-2-1-3-11-21/h4-7H,1-3,8-11H2,(H,22,23)(H,18,20,24). The van der Waals surface area contributed by atoms with Crippen molar-refractivity contribution in [3.05, 3.63) is 34.8 Å². The fourth-order valence-corrected chi connectivity index (χ4v) is 5.07. The monoisotopic (exact) mass is 424 g/mol. The molecule has 1 saturated heterocycles. The van der Waals surface area contributed by atoms with Gasteiger partial charge in [0.25, 0.3) is 5.91 Å². The molecule has 0 atom stereocenters. The number of hydrogen-bond donors (Lipinski definition) is 2. The average molecular weight is 425 g/mol. The van der Waals surface area contributed by atoms with Crippen molar-refractivity contribution in [2.24, 2.45) is 0 Å². The molecule has 1 aromatic heterocycles. The number of piperidine rings is 1. The molecule has 150 valence electrons. The molecule has 3 rings (SSSR count). The summed E-state index contributed by atoms with van der Waals surface area (Å²) < 4.78 is 26.8. The van der Waals surface area contributed by atoms with Crippen LogP contribution in [0.25, 0.3) is 0 Å². The zero-order valence-electron chi connectivity index (χ0n) is 15.0. The van der Waals surface area contributed by atoms with Crippen molar-refractivity contribution in [2.45, 2.75) is 37.0 Å². The zero-order valence-corrected chi connectivity index (χ0v) is 16.6. The average Bonchev–Trinajstić information content (AvgIpc) is 3.14. The summed E-state index contributed by atoms with van der Waals surface area (Å²) in [4.78, 5) is 23.1. The van der Waals surface area contributed by atoms with Gasteiger partial charge in [-0.1, -0.05) is 17.8 Å². The van der Waals surface area contributed by atoms with E-state index in [-0.39, 0.29) is 22.9 Å². The van der Waals surface area contributed by atoms with Gasteiger partial charge in [-0.15, -0.1) is 10.2 Å². The number of carbonyl (C=O) groups is 2. The van der Waals surface area contributed by atoms with Gasteiger partial charge in [0.1, 0.15) is 5.01 Å². The van der Waals surface area contributed by atoms with Crippen LogP contribution in [-0.4, -0.2) is 53.0 Å². The molecule has 28 heavy (non-hydrogen) atoms. The Labute approximate surface area is 166 Å². The number of aliphatic carboxylic acids is 1. The van der Waals surface area contributed by atoms with Crippen LogP contribution < -0.4 is 5.32 Å². The molecule has 9 nitrogen and oxygen atoms in total. The molecule has 0 radical (unpaired) electrons. The molecule has 1 aliphatic rings. The molecule has 1 fully saturated rings. The van der Waals surface area contributed by atoms with Gasteiger partial charge in [0.15, 0.2) is 0 Å². The van der Waals surface area contributed by atoms with E-state index in [0.29, 0.717) is 23.7 Å². The molecule has 2 N–H and O–H groups in total. The fourth-order valence-electron chi connectivity index (χ4n) is 2.82. The van der Waals surface area contributed by atoms with E-state index in [1.54, 1.807) is 0 Å². The van der Waals surface area contributed by atoms with Crippen LogP contribution >= 0.6 is 11.3 Å². The fraction of sp³-hybridized carbons (Fsp3) is 0.412. The van der Waals surface area contributed by atoms with E-state index in [2.05, 4.69) is 15.5 Å². The third-order valence-corrected chi connectivity index (χ3v) is 7.12. The molecular weight excluding hydrogens is 404 g/mol. The number of hydrogen-bond acceptors (Lipinski definition) is 7. The molecule has 0 bridgehead atoms. The van der Waals surface area contributed by atoms with Crippen molar-refractivity contribution < 1.29 is 23.1 Å². The van der Waals surface area contributed by atoms with Crippen molar-refractivity contribution in [1.29, 1.82) is 0 Å². The Balaban J connectivity index is 1.64. The van der Waals surface area contributed by atoms with Crippen LogP contribution in [0.5, 0.6) is 0 Å². The minimum absolute atomic E-state index is 0.0600. The second-order valence-corrected chi connectivity index (χ2v) is 9.34. The Hall–Kier alpha value is -2.37. The quantitative estimate of drug-likeness (QED) is 0.695. The number of benzene rings is 1. The number of nitrogens with zero attached hydrogens (tertiary/aromatic N) is 3. The minimum Gasteiger partial charge on any atom is -0.481 e. The van der Waals surface area contributed by atoms with Crippen LogP contribution in [-0.2, 0) is 21.2 Å². The molecular formula is C17H20N4O5S2. The summed E-state index contributed by atoms with van der Waals surface area (Å²) in [6.07, 6.45) is 2.93. The van der Waals surface area contributed by atoms with E-state index in [1.165, 1.54) is 28.6 Å². The van der Waals surface area contributed by atoms with Crippen LogP contribution in [0.1, 0.15) is 41.0 Å². The maximum absolute atomic E-state index is 12.6. The molecule has 0 saturated carbocycles. The molecule has 2 heterocycles. The van der Waals surface area contributed by atoms with Crippen molar-refractivity contribution in [1.82, 2.24) is 14.5 Å². The van der Waals surface area contributed by atoms with Crippen LogP contribution in [0.2, 0.25) is 0 Å². The summed E-state index contributed by atoms with van der Waals surface area (Å²) >= 11 is 1.10. The Morgan fingerprint density at radius 3 is 2.43 bits per heavy atom. The molecule has 1 aromatic carbocycles. The Morgan fingerprint density at radius 2 is 1.79 bits per heavy atom. The number of aryl methyl sites for hydroxylation is 1. The lowest BCUT2D eigenvalue weighted by molar-refractivity contribution is -0.136. The summed E-state index contributed by atoms with van der Waals surface area (Å²) in [5, 5.41) is 19.7. The van der Waals surface area contributed by atoms with E-state index in [0.717, 1.165) is 30.6 Å². The van der Waals surface area contributed by atoms with Gasteiger partial charge in [-0.05, 0) is 37.1 Å². The van der Waals surface area contributed by atoms with E-state index >= 15 is 0 Å². The second kappa shape index (κ2) is 8.76. The first-order valence-electron chi connectivity index (χ1n) is 8.82. The van der Waals surface area contributed by atoms with Crippen LogP contribution in [0.15, 0.2) is 29.2 Å². The molecule has 1 amide bonds. The number of carbonyl (C=O) groups excluding carboxylic acids is 1. The van der Waals surface area contributed by atoms with Gasteiger partial charge in [-0.3, -0.25) is 14.9 Å². The highest BCUT2D eigenvalue weighted by Crippen LogP contribution is 2.22. The first-order chi connectivity index (χ1) is 13.4. The summed E-state index contributed by atoms with van der Waals surface area (Å²) in [5.41, 5.74) is 0.292. The number of nitrogens with one attached hydrogen (secondary N) is 1. The van der Waals surface area contributed by atoms with Gasteiger partial charge in [-0.25, -0.2) is 8.42 Å². The lowest BCUT2D eigenvalue weighted by Gasteiger charge is -2.25. The van der Waals surface area contributed by atoms with Crippen LogP contribution in [0, 0.1) is 0 Å². The van der Waals surface area contributed by atoms with E-state index in [9.17, 15) is 18.0 Å². The van der Waals surface area contributed by atoms with E-state index < -0.39 is 21.9 Å². The van der Waals surface area contributed by atoms with Crippen molar-refractivity contribution in [2.75, 3.05) is 18.4 Å². The molecule has 1 aliphatic heterocycles. The SMILES string of the molecule is O=C(O)CCc1nnc(NC(=O)c2ccc(S(=O)(=O)N3CCCCC3)cc2)s1. The molecule has 0 unspecified atom stereocenters. The summed E-state index contributed by atoms with van der Waals surface area (Å²) in [6.45, 7) is 1.04. The highest BCUT2D eigenvalue weighted by molar-refractivity contribution is 7.89. The zero-order chi connectivity index (χ0) is 20.1. The normalized spacial score (nSPS) is 15.3. The largest absolute Gasteiger partial charge is 0.481 e. The van der Waals surface area contributed by atoms with Gasteiger partial charge in [0.2, 0.25) is 15.2 Å². The number of amides is 1. The molecule has 2 aromatic rings. The molecule has 0 spiro atoms. The number of rotatable bonds is 7. The first-order valence-corrected chi connectivity index (χ1v) is 11.1. The maximum Gasteiger partial charge on any atom is 0.303 e. The molecule has 0 aliphatic carbocycles. The number of carboxylic acids is 1. The number of aromatic nitrogens is 2. The van der Waals surface area contributed by atoms with Crippen molar-refractivity contribution in [3.63, 3.8) is 0 Å². The predicted molar refractivity (Wildman–Crippen MR) is 103 cm³/mol. The topological polar surface area (TPSA) is 130 Å². The molecule has 11 heteroatoms. The number of anilines is 1. The maximum atomic E-state index is 12.6. The van der Waals surface area contributed by atoms with E-state index in [4.69, 9.17) is 5.11 Å². The lowest BCUT2D eigenvalue weighted by atomic mass is 10.2. The highest BCUT2D eigenvalue weighted by atomic mass is 32.2. The lowest BCUT2D eigenvalue weighted by Crippen LogP contribution is -2.35. The smallest absolute Gasteiger partial charge is 0.303 e. The van der Waals surface area contributed by atoms with Crippen LogP contribution in [0.3, 0.4) is 0 Å². The Bertz CT molecular complexity index is 950. The minimum atomic E-state index is -3.54. The Kier molecular flexibility index (Phi) is 6.37. The predicted octanol–water partition coefficient (Wildman–Crippen LogP) is 1.98.